The van der Waals surface area contributed by atoms with Crippen LogP contribution in [0.3, 0.4) is 0 Å². The predicted octanol–water partition coefficient (Wildman–Crippen LogP) is 2.46. The number of aromatic nitrogens is 2. The standard InChI is InChI=1S/C19H19N5O3/c25-18(16-7-4-14-27-16)22-10-12-23(13-11-22)19(26)20-17-8-9-24(21-17)15-5-2-1-3-6-15/h1-9,14H,10-13H2,(H,20,21,26). The molecule has 0 atom stereocenters. The Hall–Kier alpha value is -3.55. The maximum Gasteiger partial charge on any atom is 0.323 e. The number of anilines is 1. The largest absolute Gasteiger partial charge is 0.459 e. The van der Waals surface area contributed by atoms with E-state index in [1.54, 1.807) is 38.9 Å². The number of rotatable bonds is 3. The van der Waals surface area contributed by atoms with Crippen molar-refractivity contribution in [3.63, 3.8) is 0 Å². The van der Waals surface area contributed by atoms with Crippen molar-refractivity contribution in [2.75, 3.05) is 31.5 Å². The third kappa shape index (κ3) is 3.69. The molecule has 8 nitrogen and oxygen atoms in total. The van der Waals surface area contributed by atoms with Gasteiger partial charge in [-0.25, -0.2) is 9.48 Å². The van der Waals surface area contributed by atoms with Crippen LogP contribution in [-0.2, 0) is 0 Å². The Balaban J connectivity index is 1.32. The summed E-state index contributed by atoms with van der Waals surface area (Å²) in [5.41, 5.74) is 0.919. The second-order valence-corrected chi connectivity index (χ2v) is 6.17. The Morgan fingerprint density at radius 1 is 0.926 bits per heavy atom. The molecule has 3 amide bonds. The number of furan rings is 1. The number of nitrogens with zero attached hydrogens (tertiary/aromatic N) is 4. The first-order valence-electron chi connectivity index (χ1n) is 8.70. The molecule has 0 spiro atoms. The number of carbonyl (C=O) groups excluding carboxylic acids is 2. The Labute approximate surface area is 156 Å². The lowest BCUT2D eigenvalue weighted by Crippen LogP contribution is -2.51. The maximum atomic E-state index is 12.5. The summed E-state index contributed by atoms with van der Waals surface area (Å²) in [7, 11) is 0. The molecule has 0 aliphatic carbocycles. The van der Waals surface area contributed by atoms with Gasteiger partial charge >= 0.3 is 6.03 Å². The van der Waals surface area contributed by atoms with Crippen LogP contribution < -0.4 is 5.32 Å². The number of nitrogens with one attached hydrogen (secondary N) is 1. The van der Waals surface area contributed by atoms with Gasteiger partial charge in [0.1, 0.15) is 0 Å². The number of piperazine rings is 1. The lowest BCUT2D eigenvalue weighted by molar-refractivity contribution is 0.0640. The third-order valence-corrected chi connectivity index (χ3v) is 4.43. The fraction of sp³-hybridized carbons (Fsp3) is 0.211. The monoisotopic (exact) mass is 365 g/mol. The van der Waals surface area contributed by atoms with Gasteiger partial charge in [-0.05, 0) is 24.3 Å². The highest BCUT2D eigenvalue weighted by Crippen LogP contribution is 2.13. The average molecular weight is 365 g/mol. The molecular formula is C19H19N5O3. The zero-order valence-corrected chi connectivity index (χ0v) is 14.6. The molecule has 1 fully saturated rings. The molecule has 2 aromatic heterocycles. The minimum atomic E-state index is -0.224. The number of amides is 3. The average Bonchev–Trinajstić information content (AvgIpc) is 3.40. The van der Waals surface area contributed by atoms with Gasteiger partial charge in [-0.1, -0.05) is 18.2 Å². The summed E-state index contributed by atoms with van der Waals surface area (Å²) in [5, 5.41) is 7.18. The number of hydrogen-bond acceptors (Lipinski definition) is 4. The Morgan fingerprint density at radius 2 is 1.67 bits per heavy atom. The van der Waals surface area contributed by atoms with Gasteiger partial charge in [0.15, 0.2) is 11.6 Å². The van der Waals surface area contributed by atoms with Crippen molar-refractivity contribution < 1.29 is 14.0 Å². The molecule has 138 valence electrons. The van der Waals surface area contributed by atoms with Crippen LogP contribution in [-0.4, -0.2) is 57.7 Å². The summed E-state index contributed by atoms with van der Waals surface area (Å²) in [6.45, 7) is 1.84. The van der Waals surface area contributed by atoms with E-state index in [2.05, 4.69) is 10.4 Å². The van der Waals surface area contributed by atoms with Crippen LogP contribution in [0.5, 0.6) is 0 Å². The quantitative estimate of drug-likeness (QED) is 0.773. The number of urea groups is 1. The number of hydrogen-bond donors (Lipinski definition) is 1. The first kappa shape index (κ1) is 16.9. The third-order valence-electron chi connectivity index (χ3n) is 4.43. The van der Waals surface area contributed by atoms with Crippen molar-refractivity contribution in [3.8, 4) is 5.69 Å². The smallest absolute Gasteiger partial charge is 0.323 e. The van der Waals surface area contributed by atoms with E-state index in [1.165, 1.54) is 6.26 Å². The molecule has 4 rings (SSSR count). The highest BCUT2D eigenvalue weighted by atomic mass is 16.3. The normalized spacial score (nSPS) is 14.2. The van der Waals surface area contributed by atoms with Crippen LogP contribution in [0.4, 0.5) is 10.6 Å². The lowest BCUT2D eigenvalue weighted by Gasteiger charge is -2.34. The predicted molar refractivity (Wildman–Crippen MR) is 98.8 cm³/mol. The molecule has 1 aromatic carbocycles. The maximum absolute atomic E-state index is 12.5. The van der Waals surface area contributed by atoms with Crippen molar-refractivity contribution in [1.82, 2.24) is 19.6 Å². The summed E-state index contributed by atoms with van der Waals surface area (Å²) in [6, 6.07) is 14.5. The van der Waals surface area contributed by atoms with E-state index < -0.39 is 0 Å². The summed E-state index contributed by atoms with van der Waals surface area (Å²) in [6.07, 6.45) is 3.27. The first-order valence-corrected chi connectivity index (χ1v) is 8.70. The molecule has 1 N–H and O–H groups in total. The molecule has 3 heterocycles. The Morgan fingerprint density at radius 3 is 2.37 bits per heavy atom. The first-order chi connectivity index (χ1) is 13.2. The summed E-state index contributed by atoms with van der Waals surface area (Å²) in [5.74, 6) is 0.652. The van der Waals surface area contributed by atoms with Crippen molar-refractivity contribution >= 4 is 17.8 Å². The number of para-hydroxylation sites is 1. The van der Waals surface area contributed by atoms with Crippen LogP contribution >= 0.6 is 0 Å². The molecule has 0 bridgehead atoms. The van der Waals surface area contributed by atoms with Crippen LogP contribution in [0.25, 0.3) is 5.69 Å². The summed E-state index contributed by atoms with van der Waals surface area (Å²) in [4.78, 5) is 28.1. The van der Waals surface area contributed by atoms with Gasteiger partial charge in [0, 0.05) is 38.4 Å². The highest BCUT2D eigenvalue weighted by Gasteiger charge is 2.26. The lowest BCUT2D eigenvalue weighted by atomic mass is 10.3. The SMILES string of the molecule is O=C(Nc1ccn(-c2ccccc2)n1)N1CCN(C(=O)c2ccco2)CC1. The van der Waals surface area contributed by atoms with Gasteiger partial charge in [-0.15, -0.1) is 5.10 Å². The molecule has 8 heteroatoms. The zero-order chi connectivity index (χ0) is 18.6. The number of carbonyl (C=O) groups is 2. The van der Waals surface area contributed by atoms with Crippen LogP contribution in [0.15, 0.2) is 65.4 Å². The topological polar surface area (TPSA) is 83.6 Å². The van der Waals surface area contributed by atoms with Gasteiger partial charge in [0.25, 0.3) is 5.91 Å². The molecule has 0 radical (unpaired) electrons. The van der Waals surface area contributed by atoms with Crippen LogP contribution in [0.2, 0.25) is 0 Å². The highest BCUT2D eigenvalue weighted by molar-refractivity contribution is 5.92. The van der Waals surface area contributed by atoms with E-state index in [-0.39, 0.29) is 11.9 Å². The molecule has 1 aliphatic rings. The van der Waals surface area contributed by atoms with E-state index in [1.807, 2.05) is 30.3 Å². The van der Waals surface area contributed by atoms with Gasteiger partial charge in [0.05, 0.1) is 12.0 Å². The Bertz CT molecular complexity index is 912. The van der Waals surface area contributed by atoms with Crippen molar-refractivity contribution in [1.29, 1.82) is 0 Å². The van der Waals surface area contributed by atoms with E-state index in [0.29, 0.717) is 37.8 Å². The van der Waals surface area contributed by atoms with Gasteiger partial charge in [-0.3, -0.25) is 10.1 Å². The molecule has 1 saturated heterocycles. The second-order valence-electron chi connectivity index (χ2n) is 6.17. The molecule has 1 aliphatic heterocycles. The minimum absolute atomic E-state index is 0.151. The Kier molecular flexibility index (Phi) is 4.61. The van der Waals surface area contributed by atoms with Gasteiger partial charge in [-0.2, -0.15) is 0 Å². The molecule has 27 heavy (non-hydrogen) atoms. The van der Waals surface area contributed by atoms with E-state index in [0.717, 1.165) is 5.69 Å². The molecular weight excluding hydrogens is 346 g/mol. The number of benzene rings is 1. The van der Waals surface area contributed by atoms with E-state index in [4.69, 9.17) is 4.42 Å². The van der Waals surface area contributed by atoms with Gasteiger partial charge < -0.3 is 14.2 Å². The fourth-order valence-electron chi connectivity index (χ4n) is 2.97. The molecule has 0 saturated carbocycles. The summed E-state index contributed by atoms with van der Waals surface area (Å²) < 4.78 is 6.85. The summed E-state index contributed by atoms with van der Waals surface area (Å²) >= 11 is 0. The minimum Gasteiger partial charge on any atom is -0.459 e. The fourth-order valence-corrected chi connectivity index (χ4v) is 2.97. The molecule has 0 unspecified atom stereocenters. The van der Waals surface area contributed by atoms with E-state index >= 15 is 0 Å². The van der Waals surface area contributed by atoms with Crippen molar-refractivity contribution in [3.05, 3.63) is 66.8 Å². The van der Waals surface area contributed by atoms with Crippen molar-refractivity contribution in [2.24, 2.45) is 0 Å². The van der Waals surface area contributed by atoms with Crippen LogP contribution in [0.1, 0.15) is 10.6 Å². The van der Waals surface area contributed by atoms with Gasteiger partial charge in [0.2, 0.25) is 0 Å². The molecule has 3 aromatic rings. The van der Waals surface area contributed by atoms with Crippen molar-refractivity contribution in [2.45, 2.75) is 0 Å². The zero-order valence-electron chi connectivity index (χ0n) is 14.6. The van der Waals surface area contributed by atoms with Crippen LogP contribution in [0, 0.1) is 0 Å². The second kappa shape index (κ2) is 7.36. The van der Waals surface area contributed by atoms with E-state index in [9.17, 15) is 9.59 Å².